The smallest absolute Gasteiger partial charge is 0.172 e. The van der Waals surface area contributed by atoms with E-state index >= 15 is 0 Å². The number of alkyl halides is 2. The summed E-state index contributed by atoms with van der Waals surface area (Å²) < 4.78 is 27.2. The summed E-state index contributed by atoms with van der Waals surface area (Å²) in [5.41, 5.74) is 1.40. The van der Waals surface area contributed by atoms with Gasteiger partial charge in [0, 0.05) is 13.1 Å². The van der Waals surface area contributed by atoms with Gasteiger partial charge in [0.1, 0.15) is 24.6 Å². The van der Waals surface area contributed by atoms with Crippen LogP contribution in [0.2, 0.25) is 0 Å². The van der Waals surface area contributed by atoms with Crippen molar-refractivity contribution in [3.05, 3.63) is 11.4 Å². The Hall–Kier alpha value is -1.54. The number of aromatic nitrogens is 2. The predicted molar refractivity (Wildman–Crippen MR) is 77.7 cm³/mol. The third-order valence-corrected chi connectivity index (χ3v) is 4.31. The van der Waals surface area contributed by atoms with E-state index in [0.29, 0.717) is 23.0 Å². The van der Waals surface area contributed by atoms with Crippen LogP contribution in [0.5, 0.6) is 0 Å². The fourth-order valence-corrected chi connectivity index (χ4v) is 2.84. The van der Waals surface area contributed by atoms with E-state index < -0.39 is 24.6 Å². The van der Waals surface area contributed by atoms with E-state index in [1.54, 1.807) is 23.6 Å². The number of halogens is 2. The van der Waals surface area contributed by atoms with Crippen molar-refractivity contribution in [2.75, 3.05) is 36.0 Å². The average Bonchev–Trinajstić information content (AvgIpc) is 2.96. The average molecular weight is 314 g/mol. The van der Waals surface area contributed by atoms with Gasteiger partial charge in [0.15, 0.2) is 11.6 Å². The summed E-state index contributed by atoms with van der Waals surface area (Å²) >= 11 is 0. The first-order valence-electron chi connectivity index (χ1n) is 7.36. The Labute approximate surface area is 127 Å². The lowest BCUT2D eigenvalue weighted by atomic mass is 10.3. The van der Waals surface area contributed by atoms with Crippen molar-refractivity contribution in [2.24, 2.45) is 0 Å². The summed E-state index contributed by atoms with van der Waals surface area (Å²) in [7, 11) is 0. The molecule has 0 saturated carbocycles. The third kappa shape index (κ3) is 2.61. The molecule has 1 aromatic heterocycles. The van der Waals surface area contributed by atoms with Crippen LogP contribution in [0, 0.1) is 13.8 Å². The molecule has 4 atom stereocenters. The van der Waals surface area contributed by atoms with Crippen molar-refractivity contribution in [1.82, 2.24) is 9.97 Å². The first kappa shape index (κ1) is 15.4. The minimum atomic E-state index is -1.34. The predicted octanol–water partition coefficient (Wildman–Crippen LogP) is 0.131. The van der Waals surface area contributed by atoms with Gasteiger partial charge in [-0.25, -0.2) is 18.7 Å². The maximum Gasteiger partial charge on any atom is 0.172 e. The first-order chi connectivity index (χ1) is 10.4. The summed E-state index contributed by atoms with van der Waals surface area (Å²) in [5.74, 6) is 0.868. The summed E-state index contributed by atoms with van der Waals surface area (Å²) in [6.45, 7) is 3.90. The fourth-order valence-electron chi connectivity index (χ4n) is 2.84. The van der Waals surface area contributed by atoms with Crippen LogP contribution in [0.1, 0.15) is 11.4 Å². The highest BCUT2D eigenvalue weighted by Gasteiger charge is 2.38. The van der Waals surface area contributed by atoms with E-state index in [1.165, 1.54) is 0 Å². The molecule has 8 heteroatoms. The highest BCUT2D eigenvalue weighted by atomic mass is 19.1. The Bertz CT molecular complexity index is 505. The minimum Gasteiger partial charge on any atom is -0.388 e. The van der Waals surface area contributed by atoms with Gasteiger partial charge in [0.2, 0.25) is 0 Å². The molecule has 0 aromatic carbocycles. The van der Waals surface area contributed by atoms with E-state index in [1.807, 2.05) is 0 Å². The molecule has 2 fully saturated rings. The van der Waals surface area contributed by atoms with E-state index in [-0.39, 0.29) is 26.2 Å². The Morgan fingerprint density at radius 2 is 1.18 bits per heavy atom. The summed E-state index contributed by atoms with van der Waals surface area (Å²) in [4.78, 5) is 12.2. The molecule has 122 valence electrons. The van der Waals surface area contributed by atoms with Gasteiger partial charge in [-0.1, -0.05) is 0 Å². The molecular formula is C14H20F2N4O2. The first-order valence-corrected chi connectivity index (χ1v) is 7.36. The molecule has 0 spiro atoms. The molecule has 2 aliphatic rings. The zero-order chi connectivity index (χ0) is 16.0. The fraction of sp³-hybridized carbons (Fsp3) is 0.714. The van der Waals surface area contributed by atoms with Crippen molar-refractivity contribution in [3.63, 3.8) is 0 Å². The number of aliphatic hydroxyl groups is 2. The zero-order valence-electron chi connectivity index (χ0n) is 12.6. The van der Waals surface area contributed by atoms with Gasteiger partial charge in [-0.3, -0.25) is 0 Å². The number of aliphatic hydroxyl groups excluding tert-OH is 2. The number of anilines is 2. The molecule has 0 amide bonds. The molecule has 0 bridgehead atoms. The van der Waals surface area contributed by atoms with Gasteiger partial charge in [0.05, 0.1) is 24.5 Å². The second-order valence-corrected chi connectivity index (χ2v) is 6.02. The Morgan fingerprint density at radius 1 is 0.818 bits per heavy atom. The number of hydrogen-bond donors (Lipinski definition) is 2. The largest absolute Gasteiger partial charge is 0.388 e. The van der Waals surface area contributed by atoms with E-state index in [2.05, 4.69) is 9.97 Å². The number of aryl methyl sites for hydroxylation is 2. The van der Waals surface area contributed by atoms with Crippen LogP contribution in [0.3, 0.4) is 0 Å². The third-order valence-electron chi connectivity index (χ3n) is 4.31. The lowest BCUT2D eigenvalue weighted by Gasteiger charge is -2.25. The van der Waals surface area contributed by atoms with Gasteiger partial charge in [-0.2, -0.15) is 0 Å². The molecule has 3 heterocycles. The van der Waals surface area contributed by atoms with Crippen molar-refractivity contribution in [1.29, 1.82) is 0 Å². The topological polar surface area (TPSA) is 72.7 Å². The Morgan fingerprint density at radius 3 is 1.45 bits per heavy atom. The van der Waals surface area contributed by atoms with E-state index in [9.17, 15) is 19.0 Å². The second-order valence-electron chi connectivity index (χ2n) is 6.02. The zero-order valence-corrected chi connectivity index (χ0v) is 12.6. The second kappa shape index (κ2) is 5.58. The number of β-amino-alcohol motifs (C(OH)–C–C–N with tert-alkyl or cyclic N) is 2. The molecule has 22 heavy (non-hydrogen) atoms. The maximum absolute atomic E-state index is 13.6. The van der Waals surface area contributed by atoms with E-state index in [4.69, 9.17) is 0 Å². The van der Waals surface area contributed by atoms with Gasteiger partial charge >= 0.3 is 0 Å². The van der Waals surface area contributed by atoms with Crippen LogP contribution in [-0.4, -0.2) is 70.9 Å². The molecule has 1 aromatic rings. The minimum absolute atomic E-state index is 0.0286. The van der Waals surface area contributed by atoms with Crippen molar-refractivity contribution in [3.8, 4) is 0 Å². The van der Waals surface area contributed by atoms with Crippen molar-refractivity contribution in [2.45, 2.75) is 38.4 Å². The quantitative estimate of drug-likeness (QED) is 0.808. The van der Waals surface area contributed by atoms with Gasteiger partial charge in [0.25, 0.3) is 0 Å². The van der Waals surface area contributed by atoms with Gasteiger partial charge in [-0.05, 0) is 13.8 Å². The number of rotatable bonds is 2. The van der Waals surface area contributed by atoms with Crippen LogP contribution >= 0.6 is 0 Å². The molecule has 2 N–H and O–H groups in total. The van der Waals surface area contributed by atoms with Crippen LogP contribution < -0.4 is 9.80 Å². The lowest BCUT2D eigenvalue weighted by Crippen LogP contribution is -2.29. The molecule has 0 unspecified atom stereocenters. The maximum atomic E-state index is 13.6. The number of hydrogen-bond acceptors (Lipinski definition) is 6. The van der Waals surface area contributed by atoms with Crippen LogP contribution in [0.25, 0.3) is 0 Å². The highest BCUT2D eigenvalue weighted by Crippen LogP contribution is 2.32. The molecular weight excluding hydrogens is 294 g/mol. The molecule has 2 saturated heterocycles. The summed E-state index contributed by atoms with van der Waals surface area (Å²) in [6, 6.07) is 0. The van der Waals surface area contributed by atoms with Crippen molar-refractivity contribution >= 4 is 11.6 Å². The van der Waals surface area contributed by atoms with Crippen LogP contribution in [0.4, 0.5) is 20.4 Å². The van der Waals surface area contributed by atoms with E-state index in [0.717, 1.165) is 0 Å². The molecule has 0 radical (unpaired) electrons. The Balaban J connectivity index is 1.96. The Kier molecular flexibility index (Phi) is 3.90. The summed E-state index contributed by atoms with van der Waals surface area (Å²) in [6.07, 6.45) is -4.80. The van der Waals surface area contributed by atoms with Crippen molar-refractivity contribution < 1.29 is 19.0 Å². The SMILES string of the molecule is Cc1nc(N2C[C@@H](O)[C@H](F)C2)c(N2C[C@@H](O)[C@H](F)C2)nc1C. The standard InChI is InChI=1S/C14H20F2N4O2/c1-7-8(2)18-14(20-4-10(16)12(22)6-20)13(17-7)19-3-9(15)11(21)5-19/h9-12,21-22H,3-6H2,1-2H3/t9-,10-,11-,12-/m1/s1. The molecule has 0 aliphatic carbocycles. The van der Waals surface area contributed by atoms with Crippen LogP contribution in [0.15, 0.2) is 0 Å². The summed E-state index contributed by atoms with van der Waals surface area (Å²) in [5, 5.41) is 19.2. The van der Waals surface area contributed by atoms with Gasteiger partial charge in [-0.15, -0.1) is 0 Å². The molecule has 3 rings (SSSR count). The number of nitrogens with zero attached hydrogens (tertiary/aromatic N) is 4. The molecule has 2 aliphatic heterocycles. The normalized spacial score (nSPS) is 32.1. The highest BCUT2D eigenvalue weighted by molar-refractivity contribution is 5.65. The lowest BCUT2D eigenvalue weighted by molar-refractivity contribution is 0.118. The van der Waals surface area contributed by atoms with Crippen LogP contribution in [-0.2, 0) is 0 Å². The molecule has 6 nitrogen and oxygen atoms in total. The van der Waals surface area contributed by atoms with Gasteiger partial charge < -0.3 is 20.0 Å². The monoisotopic (exact) mass is 314 g/mol.